The number of H-pyrrole nitrogens is 1. The van der Waals surface area contributed by atoms with Gasteiger partial charge in [-0.1, -0.05) is 13.0 Å². The average molecular weight is 396 g/mol. The minimum atomic E-state index is -0.123. The molecule has 7 nitrogen and oxygen atoms in total. The van der Waals surface area contributed by atoms with E-state index in [1.54, 1.807) is 10.8 Å². The maximum absolute atomic E-state index is 12.3. The van der Waals surface area contributed by atoms with Crippen LogP contribution in [0.5, 0.6) is 0 Å². The zero-order valence-electron chi connectivity index (χ0n) is 17.5. The number of aldehydes is 1. The van der Waals surface area contributed by atoms with Crippen molar-refractivity contribution >= 4 is 34.5 Å². The fraction of sp³-hybridized carbons (Fsp3) is 0.409. The summed E-state index contributed by atoms with van der Waals surface area (Å²) >= 11 is 0. The Morgan fingerprint density at radius 2 is 2.07 bits per heavy atom. The van der Waals surface area contributed by atoms with Crippen molar-refractivity contribution in [3.8, 4) is 0 Å². The number of carbonyl (C=O) groups is 1. The van der Waals surface area contributed by atoms with Crippen molar-refractivity contribution in [3.63, 3.8) is 0 Å². The van der Waals surface area contributed by atoms with Gasteiger partial charge in [-0.3, -0.25) is 4.57 Å². The number of nitrogens with one attached hydrogen (secondary N) is 3. The number of carbonyl (C=O) groups excluding carboxylic acids is 1. The first-order valence-electron chi connectivity index (χ1n) is 10.1. The van der Waals surface area contributed by atoms with Crippen LogP contribution in [0.4, 0.5) is 17.1 Å². The summed E-state index contributed by atoms with van der Waals surface area (Å²) in [5, 5.41) is 6.56. The normalized spacial score (nSPS) is 14.1. The highest BCUT2D eigenvalue weighted by Crippen LogP contribution is 2.28. The fourth-order valence-electron chi connectivity index (χ4n) is 3.01. The molecule has 0 saturated heterocycles. The van der Waals surface area contributed by atoms with Crippen LogP contribution >= 0.6 is 0 Å². The summed E-state index contributed by atoms with van der Waals surface area (Å²) in [7, 11) is 1.89. The van der Waals surface area contributed by atoms with Gasteiger partial charge in [0.2, 0.25) is 0 Å². The second kappa shape index (κ2) is 8.94. The molecule has 7 heteroatoms. The Morgan fingerprint density at radius 1 is 1.31 bits per heavy atom. The summed E-state index contributed by atoms with van der Waals surface area (Å²) in [5.41, 5.74) is 5.28. The molecule has 1 aliphatic rings. The van der Waals surface area contributed by atoms with Gasteiger partial charge >= 0.3 is 5.69 Å². The minimum absolute atomic E-state index is 0.100. The number of hydrogen-bond acceptors (Lipinski definition) is 5. The molecular formula is C22H29N5O2. The maximum atomic E-state index is 12.3. The second-order valence-corrected chi connectivity index (χ2v) is 7.49. The molecule has 1 unspecified atom stereocenters. The number of fused-ring (bicyclic) bond motifs is 1. The van der Waals surface area contributed by atoms with Gasteiger partial charge in [0, 0.05) is 36.6 Å². The van der Waals surface area contributed by atoms with Gasteiger partial charge in [-0.15, -0.1) is 0 Å². The number of rotatable bonds is 6. The lowest BCUT2D eigenvalue weighted by molar-refractivity contribution is -0.108. The monoisotopic (exact) mass is 395 g/mol. The molecule has 1 aromatic carbocycles. The molecule has 1 saturated carbocycles. The number of nitrogens with zero attached hydrogens (tertiary/aromatic N) is 2. The first-order chi connectivity index (χ1) is 14.0. The number of imidazole rings is 1. The predicted octanol–water partition coefficient (Wildman–Crippen LogP) is 4.38. The Bertz CT molecular complexity index is 1050. The number of benzene rings is 1. The highest BCUT2D eigenvalue weighted by atomic mass is 16.1. The quantitative estimate of drug-likeness (QED) is 0.539. The van der Waals surface area contributed by atoms with Crippen LogP contribution in [0.2, 0.25) is 0 Å². The summed E-state index contributed by atoms with van der Waals surface area (Å²) < 4.78 is 1.72. The van der Waals surface area contributed by atoms with E-state index in [0.717, 1.165) is 53.7 Å². The molecule has 0 aliphatic heterocycles. The minimum Gasteiger partial charge on any atom is -0.388 e. The van der Waals surface area contributed by atoms with Gasteiger partial charge < -0.3 is 20.4 Å². The van der Waals surface area contributed by atoms with Crippen molar-refractivity contribution in [1.29, 1.82) is 0 Å². The number of aryl methyl sites for hydroxylation is 1. The third-order valence-electron chi connectivity index (χ3n) is 5.25. The van der Waals surface area contributed by atoms with Crippen LogP contribution < -0.4 is 16.3 Å². The molecule has 0 radical (unpaired) electrons. The molecule has 2 heterocycles. The molecule has 1 atom stereocenters. The van der Waals surface area contributed by atoms with Gasteiger partial charge in [-0.2, -0.15) is 0 Å². The lowest BCUT2D eigenvalue weighted by atomic mass is 10.1. The maximum Gasteiger partial charge on any atom is 0.327 e. The molecule has 0 spiro atoms. The summed E-state index contributed by atoms with van der Waals surface area (Å²) in [6.45, 7) is 6.13. The highest BCUT2D eigenvalue weighted by molar-refractivity contribution is 5.88. The molecule has 1 aliphatic carbocycles. The predicted molar refractivity (Wildman–Crippen MR) is 118 cm³/mol. The van der Waals surface area contributed by atoms with Crippen LogP contribution in [-0.2, 0) is 4.79 Å². The first-order valence-corrected chi connectivity index (χ1v) is 10.1. The second-order valence-electron chi connectivity index (χ2n) is 7.49. The Hall–Kier alpha value is -3.09. The van der Waals surface area contributed by atoms with Gasteiger partial charge in [0.05, 0.1) is 5.69 Å². The summed E-state index contributed by atoms with van der Waals surface area (Å²) in [4.78, 5) is 29.3. The lowest BCUT2D eigenvalue weighted by Crippen LogP contribution is -2.20. The summed E-state index contributed by atoms with van der Waals surface area (Å²) in [5.74, 6) is 0.454. The first kappa shape index (κ1) is 20.6. The Balaban J connectivity index is 0.000000419. The number of aromatic amines is 1. The molecule has 0 bridgehead atoms. The number of hydrogen-bond donors (Lipinski definition) is 3. The molecule has 29 heavy (non-hydrogen) atoms. The van der Waals surface area contributed by atoms with E-state index in [9.17, 15) is 9.59 Å². The van der Waals surface area contributed by atoms with E-state index in [2.05, 4.69) is 33.6 Å². The Labute approximate surface area is 170 Å². The molecule has 2 aromatic heterocycles. The standard InChI is InChI=1S/C18H23N5O.C4H6O/c1-5-12(3)23-17-16(22-18(23)24)14(8-9-20-17)21-15-10-13(19-4)7-6-11(15)2;5-3-4-1-2-4/h6-10,12,19H,5H2,1-4H3,(H,20,21)(H,22,24);3-4H,1-2H2. The number of aromatic nitrogens is 3. The molecule has 0 amide bonds. The van der Waals surface area contributed by atoms with Crippen LogP contribution in [-0.4, -0.2) is 27.9 Å². The molecule has 3 aromatic rings. The van der Waals surface area contributed by atoms with Crippen LogP contribution in [0.25, 0.3) is 11.2 Å². The van der Waals surface area contributed by atoms with Gasteiger partial charge in [0.1, 0.15) is 11.8 Å². The average Bonchev–Trinajstić information content (AvgIpc) is 3.51. The lowest BCUT2D eigenvalue weighted by Gasteiger charge is -2.13. The van der Waals surface area contributed by atoms with Gasteiger partial charge in [-0.25, -0.2) is 9.78 Å². The molecule has 3 N–H and O–H groups in total. The Morgan fingerprint density at radius 3 is 2.66 bits per heavy atom. The molecular weight excluding hydrogens is 366 g/mol. The third-order valence-corrected chi connectivity index (χ3v) is 5.25. The molecule has 4 rings (SSSR count). The van der Waals surface area contributed by atoms with Crippen molar-refractivity contribution in [3.05, 3.63) is 46.5 Å². The van der Waals surface area contributed by atoms with Gasteiger partial charge in [0.25, 0.3) is 0 Å². The van der Waals surface area contributed by atoms with E-state index in [0.29, 0.717) is 11.6 Å². The van der Waals surface area contributed by atoms with Crippen molar-refractivity contribution in [2.45, 2.75) is 46.1 Å². The number of anilines is 3. The molecule has 154 valence electrons. The highest BCUT2D eigenvalue weighted by Gasteiger charge is 2.19. The topological polar surface area (TPSA) is 91.8 Å². The van der Waals surface area contributed by atoms with E-state index in [-0.39, 0.29) is 11.7 Å². The van der Waals surface area contributed by atoms with E-state index < -0.39 is 0 Å². The zero-order valence-corrected chi connectivity index (χ0v) is 17.5. The van der Waals surface area contributed by atoms with Crippen molar-refractivity contribution in [1.82, 2.24) is 14.5 Å². The smallest absolute Gasteiger partial charge is 0.327 e. The summed E-state index contributed by atoms with van der Waals surface area (Å²) in [6.07, 6.45) is 5.91. The van der Waals surface area contributed by atoms with Gasteiger partial charge in [0.15, 0.2) is 5.65 Å². The van der Waals surface area contributed by atoms with E-state index in [4.69, 9.17) is 0 Å². The SMILES string of the molecule is CCC(C)n1c(=O)[nH]c2c(Nc3cc(NC)ccc3C)ccnc21.O=CC1CC1. The summed E-state index contributed by atoms with van der Waals surface area (Å²) in [6, 6.07) is 8.11. The largest absolute Gasteiger partial charge is 0.388 e. The van der Waals surface area contributed by atoms with E-state index in [1.165, 1.54) is 0 Å². The van der Waals surface area contributed by atoms with Crippen molar-refractivity contribution in [2.24, 2.45) is 5.92 Å². The fourth-order valence-corrected chi connectivity index (χ4v) is 3.01. The van der Waals surface area contributed by atoms with Crippen molar-refractivity contribution in [2.75, 3.05) is 17.7 Å². The Kier molecular flexibility index (Phi) is 6.36. The zero-order chi connectivity index (χ0) is 21.0. The van der Waals surface area contributed by atoms with Crippen LogP contribution in [0.15, 0.2) is 35.3 Å². The van der Waals surface area contributed by atoms with Crippen LogP contribution in [0, 0.1) is 12.8 Å². The third kappa shape index (κ3) is 4.67. The van der Waals surface area contributed by atoms with Crippen LogP contribution in [0.3, 0.4) is 0 Å². The number of pyridine rings is 1. The molecule has 1 fully saturated rings. The van der Waals surface area contributed by atoms with E-state index in [1.807, 2.05) is 39.1 Å². The van der Waals surface area contributed by atoms with Crippen LogP contribution in [0.1, 0.15) is 44.7 Å². The van der Waals surface area contributed by atoms with Gasteiger partial charge in [-0.05, 0) is 56.9 Å². The van der Waals surface area contributed by atoms with Crippen molar-refractivity contribution < 1.29 is 4.79 Å². The van der Waals surface area contributed by atoms with E-state index >= 15 is 0 Å².